The average Bonchev–Trinajstić information content (AvgIpc) is 1.95. The summed E-state index contributed by atoms with van der Waals surface area (Å²) in [4.78, 5) is 27.4. The summed E-state index contributed by atoms with van der Waals surface area (Å²) < 4.78 is 10.7. The van der Waals surface area contributed by atoms with E-state index in [0.29, 0.717) is 0 Å². The molecule has 0 aliphatic rings. The van der Waals surface area contributed by atoms with Crippen LogP contribution in [0.5, 0.6) is 0 Å². The van der Waals surface area contributed by atoms with E-state index < -0.39 is 19.3 Å². The number of nitrogens with one attached hydrogen (secondary N) is 1. The maximum atomic E-state index is 10.7. The standard InChI is InChI=1S/C6H12NO5P/c1-2-5(13(10,11)12)7-4-3-6(8)9/h2,5,7H,1,3-4H2,(H,8,9)(H2,10,11,12). The zero-order chi connectivity index (χ0) is 10.5. The van der Waals surface area contributed by atoms with Crippen LogP contribution in [-0.2, 0) is 9.36 Å². The maximum Gasteiger partial charge on any atom is 0.346 e. The van der Waals surface area contributed by atoms with Crippen LogP contribution < -0.4 is 5.32 Å². The molecule has 7 heteroatoms. The van der Waals surface area contributed by atoms with Gasteiger partial charge in [-0.25, -0.2) is 0 Å². The molecule has 0 aliphatic carbocycles. The number of aliphatic carboxylic acids is 1. The SMILES string of the molecule is C=CC(NCCC(=O)O)P(=O)(O)O. The molecule has 0 rings (SSSR count). The molecule has 0 saturated heterocycles. The first-order valence-corrected chi connectivity index (χ1v) is 5.19. The van der Waals surface area contributed by atoms with E-state index in [9.17, 15) is 9.36 Å². The van der Waals surface area contributed by atoms with Crippen LogP contribution in [0.2, 0.25) is 0 Å². The second kappa shape index (κ2) is 5.14. The molecule has 1 atom stereocenters. The van der Waals surface area contributed by atoms with Gasteiger partial charge in [0, 0.05) is 6.54 Å². The summed E-state index contributed by atoms with van der Waals surface area (Å²) in [5.41, 5.74) is 0. The zero-order valence-corrected chi connectivity index (χ0v) is 7.78. The molecule has 0 saturated carbocycles. The molecule has 13 heavy (non-hydrogen) atoms. The Bertz CT molecular complexity index is 235. The molecule has 0 aromatic rings. The van der Waals surface area contributed by atoms with E-state index in [4.69, 9.17) is 14.9 Å². The minimum absolute atomic E-state index is 0.00285. The molecule has 0 aliphatic heterocycles. The van der Waals surface area contributed by atoms with Gasteiger partial charge in [0.15, 0.2) is 0 Å². The summed E-state index contributed by atoms with van der Waals surface area (Å²) in [5.74, 6) is -2.20. The van der Waals surface area contributed by atoms with Crippen LogP contribution in [0.1, 0.15) is 6.42 Å². The molecule has 0 radical (unpaired) electrons. The summed E-state index contributed by atoms with van der Waals surface area (Å²) >= 11 is 0. The Labute approximate surface area is 75.4 Å². The highest BCUT2D eigenvalue weighted by molar-refractivity contribution is 7.52. The van der Waals surface area contributed by atoms with Gasteiger partial charge in [-0.15, -0.1) is 6.58 Å². The lowest BCUT2D eigenvalue weighted by Gasteiger charge is -2.14. The van der Waals surface area contributed by atoms with Gasteiger partial charge in [0.2, 0.25) is 0 Å². The molecule has 0 heterocycles. The predicted molar refractivity (Wildman–Crippen MR) is 46.3 cm³/mol. The quantitative estimate of drug-likeness (QED) is 0.354. The highest BCUT2D eigenvalue weighted by Crippen LogP contribution is 2.39. The Hall–Kier alpha value is -0.680. The van der Waals surface area contributed by atoms with Crippen molar-refractivity contribution < 1.29 is 24.3 Å². The fourth-order valence-corrected chi connectivity index (χ4v) is 1.31. The third-order valence-electron chi connectivity index (χ3n) is 1.28. The van der Waals surface area contributed by atoms with Gasteiger partial charge in [0.25, 0.3) is 0 Å². The number of hydrogen-bond donors (Lipinski definition) is 4. The summed E-state index contributed by atoms with van der Waals surface area (Å²) in [6.45, 7) is 3.22. The molecule has 76 valence electrons. The van der Waals surface area contributed by atoms with Crippen LogP contribution >= 0.6 is 7.60 Å². The minimum Gasteiger partial charge on any atom is -0.481 e. The summed E-state index contributed by atoms with van der Waals surface area (Å²) in [6.07, 6.45) is 0.868. The maximum absolute atomic E-state index is 10.7. The van der Waals surface area contributed by atoms with Crippen LogP contribution in [-0.4, -0.2) is 33.2 Å². The number of carboxylic acids is 1. The molecule has 4 N–H and O–H groups in total. The summed E-state index contributed by atoms with van der Waals surface area (Å²) in [5, 5.41) is 10.6. The summed E-state index contributed by atoms with van der Waals surface area (Å²) in [6, 6.07) is 0. The van der Waals surface area contributed by atoms with E-state index in [1.807, 2.05) is 0 Å². The monoisotopic (exact) mass is 209 g/mol. The van der Waals surface area contributed by atoms with Crippen LogP contribution in [0.3, 0.4) is 0 Å². The van der Waals surface area contributed by atoms with Crippen LogP contribution in [0.4, 0.5) is 0 Å². The third kappa shape index (κ3) is 5.54. The first kappa shape index (κ1) is 12.3. The van der Waals surface area contributed by atoms with Crippen molar-refractivity contribution >= 4 is 13.6 Å². The van der Waals surface area contributed by atoms with Crippen molar-refractivity contribution in [2.24, 2.45) is 0 Å². The van der Waals surface area contributed by atoms with Gasteiger partial charge < -0.3 is 14.9 Å². The highest BCUT2D eigenvalue weighted by Gasteiger charge is 2.24. The molecule has 0 aromatic heterocycles. The van der Waals surface area contributed by atoms with E-state index in [0.717, 1.165) is 6.08 Å². The lowest BCUT2D eigenvalue weighted by molar-refractivity contribution is -0.136. The molecule has 1 unspecified atom stereocenters. The normalized spacial score (nSPS) is 13.7. The van der Waals surface area contributed by atoms with Crippen molar-refractivity contribution in [2.75, 3.05) is 6.54 Å². The molecule has 0 aromatic carbocycles. The van der Waals surface area contributed by atoms with E-state index in [-0.39, 0.29) is 13.0 Å². The molecule has 6 nitrogen and oxygen atoms in total. The smallest absolute Gasteiger partial charge is 0.346 e. The first-order valence-electron chi connectivity index (χ1n) is 3.51. The number of carboxylic acid groups (broad SMARTS) is 1. The molecule has 0 bridgehead atoms. The van der Waals surface area contributed by atoms with Gasteiger partial charge in [-0.05, 0) is 0 Å². The Balaban J connectivity index is 3.94. The Morgan fingerprint density at radius 3 is 2.46 bits per heavy atom. The topological polar surface area (TPSA) is 107 Å². The number of rotatable bonds is 6. The Morgan fingerprint density at radius 1 is 1.62 bits per heavy atom. The fraction of sp³-hybridized carbons (Fsp3) is 0.500. The molecule has 0 amide bonds. The van der Waals surface area contributed by atoms with Crippen LogP contribution in [0.15, 0.2) is 12.7 Å². The van der Waals surface area contributed by atoms with Gasteiger partial charge >= 0.3 is 13.6 Å². The van der Waals surface area contributed by atoms with Crippen LogP contribution in [0.25, 0.3) is 0 Å². The molecule has 0 fully saturated rings. The van der Waals surface area contributed by atoms with Crippen molar-refractivity contribution in [3.63, 3.8) is 0 Å². The average molecular weight is 209 g/mol. The Kier molecular flexibility index (Phi) is 4.87. The van der Waals surface area contributed by atoms with Crippen LogP contribution in [0, 0.1) is 0 Å². The molecule has 0 spiro atoms. The Morgan fingerprint density at radius 2 is 2.15 bits per heavy atom. The third-order valence-corrected chi connectivity index (χ3v) is 2.40. The van der Waals surface area contributed by atoms with Crippen molar-refractivity contribution in [1.29, 1.82) is 0 Å². The molecular weight excluding hydrogens is 197 g/mol. The van der Waals surface area contributed by atoms with E-state index in [1.165, 1.54) is 0 Å². The second-order valence-corrected chi connectivity index (χ2v) is 4.10. The van der Waals surface area contributed by atoms with E-state index >= 15 is 0 Å². The predicted octanol–water partition coefficient (Wildman–Crippen LogP) is -0.260. The first-order chi connectivity index (χ1) is 5.88. The largest absolute Gasteiger partial charge is 0.481 e. The zero-order valence-electron chi connectivity index (χ0n) is 6.88. The van der Waals surface area contributed by atoms with Gasteiger partial charge in [0.05, 0.1) is 6.42 Å². The van der Waals surface area contributed by atoms with Crippen molar-refractivity contribution in [1.82, 2.24) is 5.32 Å². The second-order valence-electron chi connectivity index (χ2n) is 2.37. The fourth-order valence-electron chi connectivity index (χ4n) is 0.667. The lowest BCUT2D eigenvalue weighted by atomic mass is 10.4. The highest BCUT2D eigenvalue weighted by atomic mass is 31.2. The number of hydrogen-bond acceptors (Lipinski definition) is 3. The van der Waals surface area contributed by atoms with Gasteiger partial charge in [0.1, 0.15) is 5.78 Å². The van der Waals surface area contributed by atoms with Crippen molar-refractivity contribution in [2.45, 2.75) is 12.2 Å². The van der Waals surface area contributed by atoms with Crippen molar-refractivity contribution in [3.8, 4) is 0 Å². The van der Waals surface area contributed by atoms with E-state index in [2.05, 4.69) is 11.9 Å². The number of carbonyl (C=O) groups is 1. The van der Waals surface area contributed by atoms with Gasteiger partial charge in [-0.3, -0.25) is 14.7 Å². The van der Waals surface area contributed by atoms with Crippen molar-refractivity contribution in [3.05, 3.63) is 12.7 Å². The van der Waals surface area contributed by atoms with Gasteiger partial charge in [-0.2, -0.15) is 0 Å². The summed E-state index contributed by atoms with van der Waals surface area (Å²) in [7, 11) is -4.26. The van der Waals surface area contributed by atoms with E-state index in [1.54, 1.807) is 0 Å². The van der Waals surface area contributed by atoms with Gasteiger partial charge in [-0.1, -0.05) is 6.08 Å². The lowest BCUT2D eigenvalue weighted by Crippen LogP contribution is -2.29. The molecular formula is C6H12NO5P. The minimum atomic E-state index is -4.26.